The Morgan fingerprint density at radius 2 is 2.07 bits per heavy atom. The summed E-state index contributed by atoms with van der Waals surface area (Å²) in [6, 6.07) is 0.377. The maximum absolute atomic E-state index is 11.8. The molecule has 0 aromatic carbocycles. The molecule has 0 radical (unpaired) electrons. The molecular formula is C11H20N2O2. The van der Waals surface area contributed by atoms with E-state index in [0.717, 1.165) is 19.4 Å². The van der Waals surface area contributed by atoms with Crippen LogP contribution in [0.1, 0.15) is 33.6 Å². The van der Waals surface area contributed by atoms with Crippen molar-refractivity contribution in [3.8, 4) is 0 Å². The number of amides is 1. The van der Waals surface area contributed by atoms with Crippen LogP contribution in [-0.4, -0.2) is 35.2 Å². The van der Waals surface area contributed by atoms with E-state index in [9.17, 15) is 4.79 Å². The highest BCUT2D eigenvalue weighted by atomic mass is 16.6. The fourth-order valence-corrected chi connectivity index (χ4v) is 2.58. The minimum Gasteiger partial charge on any atom is -0.444 e. The van der Waals surface area contributed by atoms with Crippen LogP contribution in [0.2, 0.25) is 0 Å². The van der Waals surface area contributed by atoms with E-state index in [1.807, 2.05) is 25.7 Å². The summed E-state index contributed by atoms with van der Waals surface area (Å²) in [5.74, 6) is 0.488. The van der Waals surface area contributed by atoms with Gasteiger partial charge in [0.2, 0.25) is 0 Å². The third kappa shape index (κ3) is 1.95. The molecule has 1 amide bonds. The van der Waals surface area contributed by atoms with Crippen LogP contribution in [0.4, 0.5) is 4.79 Å². The van der Waals surface area contributed by atoms with Crippen LogP contribution in [0, 0.1) is 5.92 Å². The molecular weight excluding hydrogens is 192 g/mol. The maximum atomic E-state index is 11.8. The van der Waals surface area contributed by atoms with Gasteiger partial charge >= 0.3 is 6.09 Å². The molecule has 15 heavy (non-hydrogen) atoms. The molecule has 4 nitrogen and oxygen atoms in total. The minimum absolute atomic E-state index is 0.164. The lowest BCUT2D eigenvalue weighted by Gasteiger charge is -2.30. The van der Waals surface area contributed by atoms with Gasteiger partial charge in [-0.1, -0.05) is 0 Å². The van der Waals surface area contributed by atoms with Crippen molar-refractivity contribution in [3.05, 3.63) is 0 Å². The first-order valence-electron chi connectivity index (χ1n) is 5.64. The number of fused-ring (bicyclic) bond motifs is 2. The van der Waals surface area contributed by atoms with Gasteiger partial charge in [0.25, 0.3) is 0 Å². The van der Waals surface area contributed by atoms with Crippen molar-refractivity contribution in [2.24, 2.45) is 11.7 Å². The molecule has 1 heterocycles. The molecule has 86 valence electrons. The van der Waals surface area contributed by atoms with Gasteiger partial charge in [-0.15, -0.1) is 0 Å². The van der Waals surface area contributed by atoms with E-state index >= 15 is 0 Å². The van der Waals surface area contributed by atoms with Gasteiger partial charge < -0.3 is 15.4 Å². The normalized spacial score (nSPS) is 34.7. The summed E-state index contributed by atoms with van der Waals surface area (Å²) in [4.78, 5) is 13.7. The molecule has 2 rings (SSSR count). The second kappa shape index (κ2) is 3.37. The van der Waals surface area contributed by atoms with Gasteiger partial charge in [0.05, 0.1) is 6.04 Å². The molecule has 1 saturated heterocycles. The van der Waals surface area contributed by atoms with Gasteiger partial charge in [-0.25, -0.2) is 4.79 Å². The number of hydrogen-bond acceptors (Lipinski definition) is 3. The van der Waals surface area contributed by atoms with E-state index in [-0.39, 0.29) is 18.2 Å². The van der Waals surface area contributed by atoms with Gasteiger partial charge in [0.1, 0.15) is 5.60 Å². The molecule has 0 aromatic heterocycles. The Balaban J connectivity index is 1.99. The largest absolute Gasteiger partial charge is 0.444 e. The third-order valence-corrected chi connectivity index (χ3v) is 3.28. The number of carbonyl (C=O) groups excluding carboxylic acids is 1. The molecule has 2 N–H and O–H groups in total. The summed E-state index contributed by atoms with van der Waals surface area (Å²) in [5, 5.41) is 0. The third-order valence-electron chi connectivity index (χ3n) is 3.28. The lowest BCUT2D eigenvalue weighted by atomic mass is 10.1. The zero-order valence-electron chi connectivity index (χ0n) is 9.69. The molecule has 3 unspecified atom stereocenters. The van der Waals surface area contributed by atoms with Crippen molar-refractivity contribution in [1.29, 1.82) is 0 Å². The highest BCUT2D eigenvalue weighted by Crippen LogP contribution is 2.37. The number of nitrogens with two attached hydrogens (primary N) is 1. The molecule has 0 spiro atoms. The predicted molar refractivity (Wildman–Crippen MR) is 57.4 cm³/mol. The molecule has 2 bridgehead atoms. The molecule has 4 heteroatoms. The Bertz CT molecular complexity index is 272. The minimum atomic E-state index is -0.414. The average molecular weight is 212 g/mol. The van der Waals surface area contributed by atoms with Crippen molar-refractivity contribution in [2.75, 3.05) is 6.54 Å². The zero-order valence-corrected chi connectivity index (χ0v) is 9.69. The summed E-state index contributed by atoms with van der Waals surface area (Å²) in [5.41, 5.74) is 5.61. The summed E-state index contributed by atoms with van der Waals surface area (Å²) < 4.78 is 5.35. The second-order valence-electron chi connectivity index (χ2n) is 5.61. The number of hydrogen-bond donors (Lipinski definition) is 1. The first-order chi connectivity index (χ1) is 6.88. The average Bonchev–Trinajstić information content (AvgIpc) is 2.59. The van der Waals surface area contributed by atoms with Crippen LogP contribution >= 0.6 is 0 Å². The van der Waals surface area contributed by atoms with E-state index in [2.05, 4.69) is 0 Å². The summed E-state index contributed by atoms with van der Waals surface area (Å²) in [6.07, 6.45) is 1.99. The van der Waals surface area contributed by atoms with Gasteiger partial charge in [0, 0.05) is 12.6 Å². The second-order valence-corrected chi connectivity index (χ2v) is 5.61. The highest BCUT2D eigenvalue weighted by molar-refractivity contribution is 5.69. The van der Waals surface area contributed by atoms with Gasteiger partial charge in [-0.2, -0.15) is 0 Å². The first-order valence-corrected chi connectivity index (χ1v) is 5.64. The Morgan fingerprint density at radius 3 is 2.47 bits per heavy atom. The smallest absolute Gasteiger partial charge is 0.410 e. The van der Waals surface area contributed by atoms with Crippen molar-refractivity contribution in [1.82, 2.24) is 4.90 Å². The zero-order chi connectivity index (χ0) is 11.2. The molecule has 3 atom stereocenters. The van der Waals surface area contributed by atoms with E-state index in [4.69, 9.17) is 10.5 Å². The van der Waals surface area contributed by atoms with Crippen LogP contribution in [0.15, 0.2) is 0 Å². The highest BCUT2D eigenvalue weighted by Gasteiger charge is 2.47. The predicted octanol–water partition coefficient (Wildman–Crippen LogP) is 1.34. The lowest BCUT2D eigenvalue weighted by molar-refractivity contribution is 0.0188. The van der Waals surface area contributed by atoms with E-state index in [0.29, 0.717) is 5.92 Å². The molecule has 2 fully saturated rings. The van der Waals surface area contributed by atoms with E-state index in [1.54, 1.807) is 0 Å². The first kappa shape index (κ1) is 10.7. The summed E-state index contributed by atoms with van der Waals surface area (Å²) >= 11 is 0. The van der Waals surface area contributed by atoms with Crippen LogP contribution < -0.4 is 5.73 Å². The van der Waals surface area contributed by atoms with Gasteiger partial charge in [-0.3, -0.25) is 0 Å². The molecule has 2 aliphatic rings. The summed E-state index contributed by atoms with van der Waals surface area (Å²) in [6.45, 7) is 6.44. The van der Waals surface area contributed by atoms with E-state index < -0.39 is 5.60 Å². The monoisotopic (exact) mass is 212 g/mol. The fraction of sp³-hybridized carbons (Fsp3) is 0.909. The molecule has 1 saturated carbocycles. The lowest BCUT2D eigenvalue weighted by Crippen LogP contribution is -2.44. The topological polar surface area (TPSA) is 55.6 Å². The Hall–Kier alpha value is -0.770. The number of piperidine rings is 1. The van der Waals surface area contributed by atoms with Crippen LogP contribution in [-0.2, 0) is 4.74 Å². The van der Waals surface area contributed by atoms with Crippen LogP contribution in [0.25, 0.3) is 0 Å². The van der Waals surface area contributed by atoms with Gasteiger partial charge in [-0.05, 0) is 39.5 Å². The standard InChI is InChI=1S/C11H20N2O2/c1-11(2,3)15-10(14)13-6-7-4-5-8(13)9(7)12/h7-9H,4-6,12H2,1-3H3. The molecule has 0 aromatic rings. The van der Waals surface area contributed by atoms with Crippen molar-refractivity contribution in [3.63, 3.8) is 0 Å². The summed E-state index contributed by atoms with van der Waals surface area (Å²) in [7, 11) is 0. The SMILES string of the molecule is CC(C)(C)OC(=O)N1CC2CCC1C2N. The van der Waals surface area contributed by atoms with Crippen molar-refractivity contribution >= 4 is 6.09 Å². The molecule has 1 aliphatic carbocycles. The van der Waals surface area contributed by atoms with Gasteiger partial charge in [0.15, 0.2) is 0 Å². The van der Waals surface area contributed by atoms with Crippen LogP contribution in [0.5, 0.6) is 0 Å². The van der Waals surface area contributed by atoms with Crippen molar-refractivity contribution in [2.45, 2.75) is 51.3 Å². The fourth-order valence-electron chi connectivity index (χ4n) is 2.58. The van der Waals surface area contributed by atoms with E-state index in [1.165, 1.54) is 0 Å². The Kier molecular flexibility index (Phi) is 2.41. The Labute approximate surface area is 90.8 Å². The maximum Gasteiger partial charge on any atom is 0.410 e. The quantitative estimate of drug-likeness (QED) is 0.659. The number of rotatable bonds is 0. The Morgan fingerprint density at radius 1 is 1.40 bits per heavy atom. The number of ether oxygens (including phenoxy) is 1. The van der Waals surface area contributed by atoms with Crippen LogP contribution in [0.3, 0.4) is 0 Å². The number of nitrogens with zero attached hydrogens (tertiary/aromatic N) is 1. The number of likely N-dealkylation sites (tertiary alicyclic amines) is 1. The molecule has 1 aliphatic heterocycles. The van der Waals surface area contributed by atoms with Crippen molar-refractivity contribution < 1.29 is 9.53 Å². The number of carbonyl (C=O) groups is 1.